The van der Waals surface area contributed by atoms with Crippen molar-refractivity contribution in [3.8, 4) is 5.75 Å². The Morgan fingerprint density at radius 3 is 2.33 bits per heavy atom. The van der Waals surface area contributed by atoms with E-state index in [9.17, 15) is 14.4 Å². The summed E-state index contributed by atoms with van der Waals surface area (Å²) >= 11 is 10.0. The van der Waals surface area contributed by atoms with Crippen LogP contribution in [0.15, 0.2) is 74.5 Å². The molecular weight excluding hydrogens is 723 g/mol. The Morgan fingerprint density at radius 2 is 1.69 bits per heavy atom. The molecule has 0 radical (unpaired) electrons. The van der Waals surface area contributed by atoms with Crippen LogP contribution in [0.2, 0.25) is 0 Å². The minimum absolute atomic E-state index is 0.245. The Balaban J connectivity index is 1.43. The number of carbonyl (C=O) groups is 3. The van der Waals surface area contributed by atoms with Crippen LogP contribution in [0.4, 0.5) is 10.5 Å². The zero-order valence-corrected chi connectivity index (χ0v) is 25.0. The summed E-state index contributed by atoms with van der Waals surface area (Å²) in [6.07, 6.45) is 1.63. The monoisotopic (exact) mass is 740 g/mol. The number of nitrogens with zero attached hydrogens (tertiary/aromatic N) is 1. The number of carbonyl (C=O) groups excluding carboxylic acids is 3. The molecule has 10 heteroatoms. The fraction of sp³-hybridized carbons (Fsp3) is 0.115. The maximum absolute atomic E-state index is 12.9. The van der Waals surface area contributed by atoms with Crippen molar-refractivity contribution in [3.63, 3.8) is 0 Å². The van der Waals surface area contributed by atoms with Crippen LogP contribution in [0.25, 0.3) is 6.08 Å². The standard InChI is InChI=1S/C26H19Br2IN2O4S/c1-15-2-4-16(5-3-15)14-35-24-20(27)10-17(11-21(24)28)12-22-25(33)31(26(34)36-22)13-23(32)30-19-8-6-18(29)7-9-19/h2-12H,13-14H2,1H3,(H,30,32)/b22-12-. The van der Waals surface area contributed by atoms with Crippen LogP contribution in [0, 0.1) is 10.5 Å². The van der Waals surface area contributed by atoms with Crippen LogP contribution in [-0.4, -0.2) is 28.5 Å². The van der Waals surface area contributed by atoms with E-state index in [2.05, 4.69) is 59.8 Å². The van der Waals surface area contributed by atoms with Crippen molar-refractivity contribution in [2.24, 2.45) is 0 Å². The molecule has 184 valence electrons. The summed E-state index contributed by atoms with van der Waals surface area (Å²) in [7, 11) is 0. The first kappa shape index (κ1) is 26.9. The van der Waals surface area contributed by atoms with Crippen LogP contribution in [0.1, 0.15) is 16.7 Å². The summed E-state index contributed by atoms with van der Waals surface area (Å²) in [6, 6.07) is 19.0. The summed E-state index contributed by atoms with van der Waals surface area (Å²) in [5, 5.41) is 2.22. The highest BCUT2D eigenvalue weighted by molar-refractivity contribution is 14.1. The minimum Gasteiger partial charge on any atom is -0.487 e. The molecule has 1 aliphatic rings. The number of thioether (sulfide) groups is 1. The molecule has 1 heterocycles. The molecule has 0 atom stereocenters. The number of ether oxygens (including phenoxy) is 1. The summed E-state index contributed by atoms with van der Waals surface area (Å²) in [6.45, 7) is 2.08. The fourth-order valence-electron chi connectivity index (χ4n) is 3.31. The van der Waals surface area contributed by atoms with Crippen molar-refractivity contribution < 1.29 is 19.1 Å². The first-order valence-corrected chi connectivity index (χ1v) is 14.2. The molecule has 4 rings (SSSR count). The summed E-state index contributed by atoms with van der Waals surface area (Å²) < 4.78 is 8.41. The van der Waals surface area contributed by atoms with Gasteiger partial charge >= 0.3 is 0 Å². The molecular formula is C26H19Br2IN2O4S. The lowest BCUT2D eigenvalue weighted by atomic mass is 10.1. The second kappa shape index (κ2) is 11.9. The molecule has 0 bridgehead atoms. The topological polar surface area (TPSA) is 75.7 Å². The van der Waals surface area contributed by atoms with Crippen LogP contribution < -0.4 is 10.1 Å². The predicted molar refractivity (Wildman–Crippen MR) is 158 cm³/mol. The number of benzene rings is 3. The third kappa shape index (κ3) is 6.78. The number of aryl methyl sites for hydroxylation is 1. The Kier molecular flexibility index (Phi) is 8.91. The van der Waals surface area contributed by atoms with Gasteiger partial charge < -0.3 is 10.1 Å². The first-order chi connectivity index (χ1) is 17.2. The second-order valence-electron chi connectivity index (χ2n) is 7.91. The lowest BCUT2D eigenvalue weighted by Gasteiger charge is -2.13. The Hall–Kier alpha value is -2.15. The molecule has 1 aliphatic heterocycles. The van der Waals surface area contributed by atoms with Gasteiger partial charge in [0.1, 0.15) is 18.9 Å². The van der Waals surface area contributed by atoms with E-state index in [1.807, 2.05) is 55.5 Å². The Morgan fingerprint density at radius 1 is 1.06 bits per heavy atom. The average Bonchev–Trinajstić information content (AvgIpc) is 3.08. The molecule has 1 saturated heterocycles. The molecule has 0 unspecified atom stereocenters. The highest BCUT2D eigenvalue weighted by atomic mass is 127. The molecule has 0 saturated carbocycles. The van der Waals surface area contributed by atoms with Gasteiger partial charge in [-0.05, 0) is 127 Å². The molecule has 6 nitrogen and oxygen atoms in total. The number of hydrogen-bond acceptors (Lipinski definition) is 5. The molecule has 0 aromatic heterocycles. The zero-order chi connectivity index (χ0) is 25.8. The molecule has 0 aliphatic carbocycles. The normalized spacial score (nSPS) is 14.4. The highest BCUT2D eigenvalue weighted by Gasteiger charge is 2.36. The van der Waals surface area contributed by atoms with Gasteiger partial charge in [-0.15, -0.1) is 0 Å². The zero-order valence-electron chi connectivity index (χ0n) is 18.9. The number of nitrogens with one attached hydrogen (secondary N) is 1. The van der Waals surface area contributed by atoms with Gasteiger partial charge in [-0.2, -0.15) is 0 Å². The van der Waals surface area contributed by atoms with Crippen molar-refractivity contribution in [1.82, 2.24) is 4.90 Å². The largest absolute Gasteiger partial charge is 0.487 e. The number of hydrogen-bond donors (Lipinski definition) is 1. The van der Waals surface area contributed by atoms with Crippen molar-refractivity contribution in [1.29, 1.82) is 0 Å². The summed E-state index contributed by atoms with van der Waals surface area (Å²) in [5.74, 6) is -0.317. The number of halogens is 3. The van der Waals surface area contributed by atoms with E-state index >= 15 is 0 Å². The quantitative estimate of drug-likeness (QED) is 0.202. The molecule has 1 N–H and O–H groups in total. The van der Waals surface area contributed by atoms with Crippen molar-refractivity contribution >= 4 is 95.0 Å². The SMILES string of the molecule is Cc1ccc(COc2c(Br)cc(/C=C3\SC(=O)N(CC(=O)Nc4ccc(I)cc4)C3=O)cc2Br)cc1. The van der Waals surface area contributed by atoms with Crippen LogP contribution in [0.3, 0.4) is 0 Å². The van der Waals surface area contributed by atoms with Gasteiger partial charge in [0.15, 0.2) is 0 Å². The van der Waals surface area contributed by atoms with E-state index in [4.69, 9.17) is 4.74 Å². The molecule has 3 amide bonds. The van der Waals surface area contributed by atoms with Gasteiger partial charge in [-0.3, -0.25) is 19.3 Å². The second-order valence-corrected chi connectivity index (χ2v) is 11.9. The molecule has 0 spiro atoms. The van der Waals surface area contributed by atoms with Gasteiger partial charge in [0.25, 0.3) is 11.1 Å². The van der Waals surface area contributed by atoms with Gasteiger partial charge in [0, 0.05) is 9.26 Å². The third-order valence-electron chi connectivity index (χ3n) is 5.13. The van der Waals surface area contributed by atoms with Gasteiger partial charge in [0.05, 0.1) is 13.9 Å². The van der Waals surface area contributed by atoms with E-state index in [0.29, 0.717) is 32.6 Å². The van der Waals surface area contributed by atoms with E-state index in [1.54, 1.807) is 18.2 Å². The van der Waals surface area contributed by atoms with Crippen molar-refractivity contribution in [2.45, 2.75) is 13.5 Å². The smallest absolute Gasteiger partial charge is 0.294 e. The van der Waals surface area contributed by atoms with E-state index in [0.717, 1.165) is 25.8 Å². The van der Waals surface area contributed by atoms with Crippen LogP contribution >= 0.6 is 66.2 Å². The fourth-order valence-corrected chi connectivity index (χ4v) is 5.95. The Labute approximate surface area is 243 Å². The number of imide groups is 1. The van der Waals surface area contributed by atoms with Crippen molar-refractivity contribution in [2.75, 3.05) is 11.9 Å². The molecule has 1 fully saturated rings. The van der Waals surface area contributed by atoms with E-state index in [-0.39, 0.29) is 11.4 Å². The van der Waals surface area contributed by atoms with Crippen LogP contribution in [-0.2, 0) is 16.2 Å². The first-order valence-electron chi connectivity index (χ1n) is 10.7. The minimum atomic E-state index is -0.505. The van der Waals surface area contributed by atoms with Gasteiger partial charge in [-0.1, -0.05) is 29.8 Å². The van der Waals surface area contributed by atoms with Crippen molar-refractivity contribution in [3.05, 3.63) is 94.8 Å². The highest BCUT2D eigenvalue weighted by Crippen LogP contribution is 2.38. The molecule has 3 aromatic carbocycles. The summed E-state index contributed by atoms with van der Waals surface area (Å²) in [4.78, 5) is 38.9. The third-order valence-corrected chi connectivity index (χ3v) is 7.93. The number of rotatable bonds is 7. The molecule has 36 heavy (non-hydrogen) atoms. The molecule has 3 aromatic rings. The predicted octanol–water partition coefficient (Wildman–Crippen LogP) is 7.38. The summed E-state index contributed by atoms with van der Waals surface area (Å²) in [5.41, 5.74) is 3.53. The van der Waals surface area contributed by atoms with Gasteiger partial charge in [0.2, 0.25) is 5.91 Å². The number of amides is 3. The maximum Gasteiger partial charge on any atom is 0.294 e. The van der Waals surface area contributed by atoms with E-state index in [1.165, 1.54) is 5.56 Å². The maximum atomic E-state index is 12.9. The van der Waals surface area contributed by atoms with Crippen LogP contribution in [0.5, 0.6) is 5.75 Å². The lowest BCUT2D eigenvalue weighted by molar-refractivity contribution is -0.127. The average molecular weight is 742 g/mol. The van der Waals surface area contributed by atoms with Gasteiger partial charge in [-0.25, -0.2) is 0 Å². The van der Waals surface area contributed by atoms with E-state index < -0.39 is 17.1 Å². The lowest BCUT2D eigenvalue weighted by Crippen LogP contribution is -2.36. The number of anilines is 1. The Bertz CT molecular complexity index is 1340.